The first-order valence-electron chi connectivity index (χ1n) is 10.2. The minimum Gasteiger partial charge on any atom is -0.488 e. The lowest BCUT2D eigenvalue weighted by Crippen LogP contribution is -2.09. The highest BCUT2D eigenvalue weighted by molar-refractivity contribution is 7.06. The molecule has 2 aromatic carbocycles. The average Bonchev–Trinajstić information content (AvgIpc) is 3.18. The highest BCUT2D eigenvalue weighted by atomic mass is 32.1. The van der Waals surface area contributed by atoms with Crippen LogP contribution in [0.15, 0.2) is 36.4 Å². The van der Waals surface area contributed by atoms with E-state index in [0.717, 1.165) is 16.7 Å². The summed E-state index contributed by atoms with van der Waals surface area (Å²) in [4.78, 5) is 10.0. The number of carboxylic acids is 1. The SMILES string of the molecule is Cc1c(CCC(=O)O)ccc(OCc2c(-c3ccc(C(C)F)cc3)nsc2C(F)(F)F)c1C. The molecule has 1 N–H and O–H groups in total. The van der Waals surface area contributed by atoms with Gasteiger partial charge in [0.2, 0.25) is 0 Å². The molecule has 0 saturated carbocycles. The Bertz CT molecular complexity index is 1140. The summed E-state index contributed by atoms with van der Waals surface area (Å²) in [6.07, 6.45) is -5.44. The normalized spacial score (nSPS) is 12.6. The summed E-state index contributed by atoms with van der Waals surface area (Å²) in [5.41, 5.74) is 3.36. The van der Waals surface area contributed by atoms with Gasteiger partial charge < -0.3 is 9.84 Å². The Morgan fingerprint density at radius 1 is 1.12 bits per heavy atom. The molecule has 0 fully saturated rings. The van der Waals surface area contributed by atoms with Gasteiger partial charge in [0.05, 0.1) is 5.69 Å². The van der Waals surface area contributed by atoms with E-state index in [-0.39, 0.29) is 24.3 Å². The minimum atomic E-state index is -4.59. The summed E-state index contributed by atoms with van der Waals surface area (Å²) in [5, 5.41) is 8.89. The number of hydrogen-bond donors (Lipinski definition) is 1. The van der Waals surface area contributed by atoms with Crippen molar-refractivity contribution in [3.8, 4) is 17.0 Å². The molecule has 0 radical (unpaired) electrons. The number of benzene rings is 2. The smallest absolute Gasteiger partial charge is 0.427 e. The summed E-state index contributed by atoms with van der Waals surface area (Å²) in [6, 6.07) is 9.54. The number of nitrogens with zero attached hydrogens (tertiary/aromatic N) is 1. The molecule has 3 aromatic rings. The number of ether oxygens (including phenoxy) is 1. The van der Waals surface area contributed by atoms with Gasteiger partial charge in [-0.1, -0.05) is 30.3 Å². The quantitative estimate of drug-likeness (QED) is 0.350. The Hall–Kier alpha value is -2.94. The van der Waals surface area contributed by atoms with Crippen LogP contribution in [-0.4, -0.2) is 15.4 Å². The van der Waals surface area contributed by atoms with Crippen molar-refractivity contribution in [3.05, 3.63) is 69.1 Å². The van der Waals surface area contributed by atoms with Gasteiger partial charge in [0, 0.05) is 17.5 Å². The van der Waals surface area contributed by atoms with E-state index in [2.05, 4.69) is 4.37 Å². The molecule has 176 valence electrons. The molecule has 3 rings (SSSR count). The third-order valence-electron chi connectivity index (χ3n) is 5.52. The lowest BCUT2D eigenvalue weighted by Gasteiger charge is -2.15. The maximum atomic E-state index is 13.6. The van der Waals surface area contributed by atoms with Gasteiger partial charge in [0.25, 0.3) is 0 Å². The summed E-state index contributed by atoms with van der Waals surface area (Å²) in [5.74, 6) is -0.489. The molecule has 1 atom stereocenters. The van der Waals surface area contributed by atoms with Crippen LogP contribution in [0.1, 0.15) is 52.2 Å². The van der Waals surface area contributed by atoms with E-state index in [1.54, 1.807) is 31.2 Å². The Morgan fingerprint density at radius 2 is 1.79 bits per heavy atom. The third-order valence-corrected chi connectivity index (χ3v) is 6.45. The van der Waals surface area contributed by atoms with E-state index in [1.807, 2.05) is 6.92 Å². The lowest BCUT2D eigenvalue weighted by molar-refractivity contribution is -0.137. The van der Waals surface area contributed by atoms with E-state index in [1.165, 1.54) is 19.1 Å². The van der Waals surface area contributed by atoms with Gasteiger partial charge in [-0.05, 0) is 67.0 Å². The predicted octanol–water partition coefficient (Wildman–Crippen LogP) is 7.07. The fourth-order valence-corrected chi connectivity index (χ4v) is 4.24. The van der Waals surface area contributed by atoms with Crippen LogP contribution in [0.25, 0.3) is 11.3 Å². The van der Waals surface area contributed by atoms with E-state index >= 15 is 0 Å². The number of halogens is 4. The molecule has 1 aromatic heterocycles. The van der Waals surface area contributed by atoms with Gasteiger partial charge >= 0.3 is 12.1 Å². The molecular formula is C24H23F4NO3S. The van der Waals surface area contributed by atoms with E-state index in [4.69, 9.17) is 9.84 Å². The van der Waals surface area contributed by atoms with Gasteiger partial charge in [-0.2, -0.15) is 17.5 Å². The second-order valence-corrected chi connectivity index (χ2v) is 8.50. The second kappa shape index (κ2) is 9.91. The highest BCUT2D eigenvalue weighted by Crippen LogP contribution is 2.40. The van der Waals surface area contributed by atoms with Crippen molar-refractivity contribution in [3.63, 3.8) is 0 Å². The fraction of sp³-hybridized carbons (Fsp3) is 0.333. The summed E-state index contributed by atoms with van der Waals surface area (Å²) >= 11 is 0.358. The molecule has 33 heavy (non-hydrogen) atoms. The summed E-state index contributed by atoms with van der Waals surface area (Å²) in [7, 11) is 0. The number of alkyl halides is 4. The van der Waals surface area contributed by atoms with Crippen LogP contribution in [0.2, 0.25) is 0 Å². The fourth-order valence-electron chi connectivity index (χ4n) is 3.47. The minimum absolute atomic E-state index is 0.0145. The Kier molecular flexibility index (Phi) is 7.41. The van der Waals surface area contributed by atoms with Crippen molar-refractivity contribution in [2.45, 2.75) is 52.6 Å². The number of carboxylic acid groups (broad SMARTS) is 1. The molecule has 4 nitrogen and oxygen atoms in total. The van der Waals surface area contributed by atoms with Crippen molar-refractivity contribution in [1.82, 2.24) is 4.37 Å². The van der Waals surface area contributed by atoms with E-state index in [0.29, 0.717) is 34.8 Å². The van der Waals surface area contributed by atoms with Gasteiger partial charge in [0.15, 0.2) is 0 Å². The molecular weight excluding hydrogens is 458 g/mol. The molecule has 1 unspecified atom stereocenters. The standard InChI is InChI=1S/C24H23F4NO3S/c1-13-14(2)20(10-8-16(13)9-11-21(30)31)32-12-19-22(29-33-23(19)24(26,27)28)18-6-4-17(5-7-18)15(3)25/h4-8,10,15H,9,11-12H2,1-3H3,(H,30,31). The Morgan fingerprint density at radius 3 is 2.36 bits per heavy atom. The van der Waals surface area contributed by atoms with Crippen molar-refractivity contribution in [2.24, 2.45) is 0 Å². The molecule has 0 saturated heterocycles. The monoisotopic (exact) mass is 481 g/mol. The lowest BCUT2D eigenvalue weighted by atomic mass is 9.99. The molecule has 0 bridgehead atoms. The molecule has 1 heterocycles. The zero-order chi connectivity index (χ0) is 24.3. The number of carbonyl (C=O) groups is 1. The molecule has 0 amide bonds. The Balaban J connectivity index is 1.91. The van der Waals surface area contributed by atoms with Crippen LogP contribution in [0.4, 0.5) is 17.6 Å². The number of aromatic nitrogens is 1. The first kappa shape index (κ1) is 24.7. The first-order chi connectivity index (χ1) is 15.5. The van der Waals surface area contributed by atoms with Crippen LogP contribution in [0.5, 0.6) is 5.75 Å². The number of aliphatic carboxylic acids is 1. The van der Waals surface area contributed by atoms with Gasteiger partial charge in [0.1, 0.15) is 23.4 Å². The number of hydrogen-bond acceptors (Lipinski definition) is 4. The molecule has 0 aliphatic rings. The van der Waals surface area contributed by atoms with Gasteiger partial charge in [-0.3, -0.25) is 4.79 Å². The van der Waals surface area contributed by atoms with Crippen molar-refractivity contribution < 1.29 is 32.2 Å². The van der Waals surface area contributed by atoms with E-state index in [9.17, 15) is 22.4 Å². The largest absolute Gasteiger partial charge is 0.488 e. The second-order valence-electron chi connectivity index (χ2n) is 7.73. The summed E-state index contributed by atoms with van der Waals surface area (Å²) < 4.78 is 64.2. The van der Waals surface area contributed by atoms with Crippen LogP contribution < -0.4 is 4.74 Å². The zero-order valence-electron chi connectivity index (χ0n) is 18.3. The Labute approximate surface area is 193 Å². The average molecular weight is 482 g/mol. The first-order valence-corrected chi connectivity index (χ1v) is 11.0. The van der Waals surface area contributed by atoms with Crippen molar-refractivity contribution in [2.75, 3.05) is 0 Å². The van der Waals surface area contributed by atoms with Gasteiger partial charge in [-0.25, -0.2) is 4.39 Å². The van der Waals surface area contributed by atoms with Crippen LogP contribution >= 0.6 is 11.5 Å². The van der Waals surface area contributed by atoms with Crippen molar-refractivity contribution in [1.29, 1.82) is 0 Å². The predicted molar refractivity (Wildman–Crippen MR) is 118 cm³/mol. The summed E-state index contributed by atoms with van der Waals surface area (Å²) in [6.45, 7) is 4.64. The van der Waals surface area contributed by atoms with E-state index < -0.39 is 23.2 Å². The molecule has 0 spiro atoms. The zero-order valence-corrected chi connectivity index (χ0v) is 19.1. The maximum Gasteiger partial charge on any atom is 0.427 e. The number of rotatable bonds is 8. The van der Waals surface area contributed by atoms with Crippen LogP contribution in [0.3, 0.4) is 0 Å². The van der Waals surface area contributed by atoms with Crippen LogP contribution in [-0.2, 0) is 24.0 Å². The molecule has 0 aliphatic heterocycles. The number of aryl methyl sites for hydroxylation is 1. The molecule has 0 aliphatic carbocycles. The highest BCUT2D eigenvalue weighted by Gasteiger charge is 2.38. The maximum absolute atomic E-state index is 13.6. The molecule has 9 heteroatoms. The van der Waals surface area contributed by atoms with Crippen LogP contribution in [0, 0.1) is 13.8 Å². The third kappa shape index (κ3) is 5.71. The van der Waals surface area contributed by atoms with Gasteiger partial charge in [-0.15, -0.1) is 0 Å². The topological polar surface area (TPSA) is 59.4 Å². The van der Waals surface area contributed by atoms with Crippen molar-refractivity contribution >= 4 is 17.5 Å².